The van der Waals surface area contributed by atoms with Gasteiger partial charge in [0, 0.05) is 18.7 Å². The minimum atomic E-state index is -0.0573. The van der Waals surface area contributed by atoms with E-state index >= 15 is 0 Å². The maximum atomic E-state index is 13.7. The number of hydrogen-bond acceptors (Lipinski definition) is 2. The van der Waals surface area contributed by atoms with Gasteiger partial charge in [0.15, 0.2) is 0 Å². The highest BCUT2D eigenvalue weighted by molar-refractivity contribution is 6.42. The number of rotatable bonds is 3. The lowest BCUT2D eigenvalue weighted by molar-refractivity contribution is 0.0725. The van der Waals surface area contributed by atoms with Crippen LogP contribution in [0.2, 0.25) is 10.0 Å². The number of aryl methyl sites for hydroxylation is 2. The molecular formula is C27H23Cl2N3O. The SMILES string of the molecule is Cc1ccc(-c2cc(C(=O)N3CCc4ccccc4C3)n(-c3ccc(Cl)c(Cl)c3)n2)cc1C. The molecule has 0 unspecified atom stereocenters. The average molecular weight is 476 g/mol. The summed E-state index contributed by atoms with van der Waals surface area (Å²) in [5, 5.41) is 5.70. The van der Waals surface area contributed by atoms with Crippen LogP contribution >= 0.6 is 23.2 Å². The lowest BCUT2D eigenvalue weighted by atomic mass is 9.99. The van der Waals surface area contributed by atoms with Gasteiger partial charge in [-0.15, -0.1) is 0 Å². The molecule has 0 aliphatic carbocycles. The molecule has 5 rings (SSSR count). The van der Waals surface area contributed by atoms with Crippen molar-refractivity contribution in [3.8, 4) is 16.9 Å². The topological polar surface area (TPSA) is 38.1 Å². The summed E-state index contributed by atoms with van der Waals surface area (Å²) in [4.78, 5) is 15.6. The molecule has 0 N–H and O–H groups in total. The third-order valence-corrected chi connectivity index (χ3v) is 7.04. The monoisotopic (exact) mass is 475 g/mol. The zero-order chi connectivity index (χ0) is 23.1. The van der Waals surface area contributed by atoms with Gasteiger partial charge in [-0.3, -0.25) is 4.79 Å². The molecule has 0 saturated heterocycles. The van der Waals surface area contributed by atoms with Gasteiger partial charge < -0.3 is 4.90 Å². The van der Waals surface area contributed by atoms with E-state index in [1.54, 1.807) is 16.8 Å². The number of fused-ring (bicyclic) bond motifs is 1. The lowest BCUT2D eigenvalue weighted by Crippen LogP contribution is -2.37. The van der Waals surface area contributed by atoms with Crippen LogP contribution in [0.15, 0.2) is 66.7 Å². The molecule has 1 aliphatic rings. The van der Waals surface area contributed by atoms with Crippen molar-refractivity contribution < 1.29 is 4.79 Å². The first-order chi connectivity index (χ1) is 15.9. The Bertz CT molecular complexity index is 1380. The first-order valence-electron chi connectivity index (χ1n) is 10.9. The van der Waals surface area contributed by atoms with E-state index in [0.29, 0.717) is 34.5 Å². The fourth-order valence-corrected chi connectivity index (χ4v) is 4.51. The predicted octanol–water partition coefficient (Wildman–Crippen LogP) is 6.66. The Hall–Kier alpha value is -3.08. The van der Waals surface area contributed by atoms with E-state index in [-0.39, 0.29) is 5.91 Å². The van der Waals surface area contributed by atoms with Crippen LogP contribution in [0.5, 0.6) is 0 Å². The molecule has 0 radical (unpaired) electrons. The Morgan fingerprint density at radius 2 is 1.67 bits per heavy atom. The van der Waals surface area contributed by atoms with Gasteiger partial charge in [0.25, 0.3) is 5.91 Å². The summed E-state index contributed by atoms with van der Waals surface area (Å²) >= 11 is 12.4. The zero-order valence-electron chi connectivity index (χ0n) is 18.5. The fraction of sp³-hybridized carbons (Fsp3) is 0.185. The van der Waals surface area contributed by atoms with Gasteiger partial charge in [0.05, 0.1) is 21.4 Å². The molecular weight excluding hydrogens is 453 g/mol. The molecule has 1 aliphatic heterocycles. The van der Waals surface area contributed by atoms with Gasteiger partial charge in [-0.25, -0.2) is 4.68 Å². The minimum absolute atomic E-state index is 0.0573. The number of carbonyl (C=O) groups is 1. The third-order valence-electron chi connectivity index (χ3n) is 6.30. The molecule has 1 amide bonds. The number of benzene rings is 3. The lowest BCUT2D eigenvalue weighted by Gasteiger charge is -2.29. The smallest absolute Gasteiger partial charge is 0.272 e. The van der Waals surface area contributed by atoms with Crippen molar-refractivity contribution >= 4 is 29.1 Å². The van der Waals surface area contributed by atoms with Gasteiger partial charge >= 0.3 is 0 Å². The average Bonchev–Trinajstić information content (AvgIpc) is 3.27. The van der Waals surface area contributed by atoms with Crippen molar-refractivity contribution in [2.75, 3.05) is 6.54 Å². The number of aromatic nitrogens is 2. The van der Waals surface area contributed by atoms with E-state index in [1.807, 2.05) is 35.2 Å². The number of hydrogen-bond donors (Lipinski definition) is 0. The Morgan fingerprint density at radius 1 is 0.879 bits per heavy atom. The van der Waals surface area contributed by atoms with Gasteiger partial charge in [-0.2, -0.15) is 5.10 Å². The van der Waals surface area contributed by atoms with Gasteiger partial charge in [0.1, 0.15) is 5.69 Å². The standard InChI is InChI=1S/C27H23Cl2N3O/c1-17-7-8-20(13-18(17)2)25-15-26(32(30-25)22-9-10-23(28)24(29)14-22)27(33)31-12-11-19-5-3-4-6-21(19)16-31/h3-10,13-15H,11-12,16H2,1-2H3. The van der Waals surface area contributed by atoms with Crippen LogP contribution in [0, 0.1) is 13.8 Å². The molecule has 4 nitrogen and oxygen atoms in total. The zero-order valence-corrected chi connectivity index (χ0v) is 20.0. The van der Waals surface area contributed by atoms with Crippen LogP contribution in [0.1, 0.15) is 32.7 Å². The molecule has 3 aromatic carbocycles. The van der Waals surface area contributed by atoms with Crippen molar-refractivity contribution in [2.24, 2.45) is 0 Å². The van der Waals surface area contributed by atoms with Gasteiger partial charge in [0.2, 0.25) is 0 Å². The van der Waals surface area contributed by atoms with E-state index in [1.165, 1.54) is 22.3 Å². The molecule has 33 heavy (non-hydrogen) atoms. The minimum Gasteiger partial charge on any atom is -0.333 e. The molecule has 166 valence electrons. The molecule has 1 aromatic heterocycles. The van der Waals surface area contributed by atoms with Crippen molar-refractivity contribution in [1.29, 1.82) is 0 Å². The van der Waals surface area contributed by atoms with Crippen molar-refractivity contribution in [3.05, 3.63) is 105 Å². The van der Waals surface area contributed by atoms with E-state index in [0.717, 1.165) is 17.7 Å². The van der Waals surface area contributed by atoms with Crippen LogP contribution in [0.4, 0.5) is 0 Å². The van der Waals surface area contributed by atoms with Crippen LogP contribution in [-0.2, 0) is 13.0 Å². The second-order valence-corrected chi connectivity index (χ2v) is 9.28. The largest absolute Gasteiger partial charge is 0.333 e. The first kappa shape index (κ1) is 21.7. The molecule has 0 atom stereocenters. The van der Waals surface area contributed by atoms with E-state index in [2.05, 4.69) is 38.1 Å². The molecule has 6 heteroatoms. The number of carbonyl (C=O) groups excluding carboxylic acids is 1. The Balaban J connectivity index is 1.59. The molecule has 0 fully saturated rings. The molecule has 0 saturated carbocycles. The van der Waals surface area contributed by atoms with Crippen LogP contribution in [0.25, 0.3) is 16.9 Å². The third kappa shape index (κ3) is 4.17. The Labute approximate surface area is 203 Å². The quantitative estimate of drug-likeness (QED) is 0.332. The first-order valence-corrected chi connectivity index (χ1v) is 11.7. The summed E-state index contributed by atoms with van der Waals surface area (Å²) in [6, 6.07) is 21.7. The fourth-order valence-electron chi connectivity index (χ4n) is 4.22. The van der Waals surface area contributed by atoms with E-state index in [9.17, 15) is 4.79 Å². The molecule has 4 aromatic rings. The summed E-state index contributed by atoms with van der Waals surface area (Å²) < 4.78 is 1.68. The summed E-state index contributed by atoms with van der Waals surface area (Å²) in [6.07, 6.45) is 0.840. The Morgan fingerprint density at radius 3 is 2.42 bits per heavy atom. The maximum Gasteiger partial charge on any atom is 0.272 e. The summed E-state index contributed by atoms with van der Waals surface area (Å²) in [5.41, 5.74) is 7.78. The highest BCUT2D eigenvalue weighted by Gasteiger charge is 2.26. The summed E-state index contributed by atoms with van der Waals surface area (Å²) in [5.74, 6) is -0.0573. The normalized spacial score (nSPS) is 13.2. The Kier molecular flexibility index (Phi) is 5.73. The predicted molar refractivity (Wildman–Crippen MR) is 133 cm³/mol. The highest BCUT2D eigenvalue weighted by Crippen LogP contribution is 2.29. The maximum absolute atomic E-state index is 13.7. The number of amides is 1. The van der Waals surface area contributed by atoms with Crippen LogP contribution < -0.4 is 0 Å². The van der Waals surface area contributed by atoms with Crippen molar-refractivity contribution in [3.63, 3.8) is 0 Å². The van der Waals surface area contributed by atoms with E-state index in [4.69, 9.17) is 28.3 Å². The molecule has 0 bridgehead atoms. The van der Waals surface area contributed by atoms with E-state index < -0.39 is 0 Å². The molecule has 0 spiro atoms. The second-order valence-electron chi connectivity index (χ2n) is 8.47. The van der Waals surface area contributed by atoms with Crippen LogP contribution in [0.3, 0.4) is 0 Å². The van der Waals surface area contributed by atoms with Crippen molar-refractivity contribution in [1.82, 2.24) is 14.7 Å². The van der Waals surface area contributed by atoms with Crippen LogP contribution in [-0.4, -0.2) is 27.1 Å². The summed E-state index contributed by atoms with van der Waals surface area (Å²) in [7, 11) is 0. The number of nitrogens with zero attached hydrogens (tertiary/aromatic N) is 3. The second kappa shape index (κ2) is 8.69. The van der Waals surface area contributed by atoms with Crippen molar-refractivity contribution in [2.45, 2.75) is 26.8 Å². The summed E-state index contributed by atoms with van der Waals surface area (Å²) in [6.45, 7) is 5.41. The number of halogens is 2. The van der Waals surface area contributed by atoms with Gasteiger partial charge in [-0.05, 0) is 72.9 Å². The highest BCUT2D eigenvalue weighted by atomic mass is 35.5. The van der Waals surface area contributed by atoms with Gasteiger partial charge in [-0.1, -0.05) is 59.6 Å². The molecule has 2 heterocycles.